The summed E-state index contributed by atoms with van der Waals surface area (Å²) in [7, 11) is 0. The predicted molar refractivity (Wildman–Crippen MR) is 5.81 cm³/mol. The maximum Gasteiger partial charge on any atom is 2.00 e. The number of hydrogen-bond donors (Lipinski definition) is 0. The minimum Gasteiger partial charge on any atom is -1.00 e. The van der Waals surface area contributed by atoms with Crippen molar-refractivity contribution in [3.8, 4) is 0 Å². The van der Waals surface area contributed by atoms with E-state index in [-0.39, 0.29) is 63.0 Å². The van der Waals surface area contributed by atoms with Gasteiger partial charge in [0, 0.05) is 0 Å². The molecule has 3 nitrogen and oxygen atoms in total. The Balaban J connectivity index is 0. The molecule has 0 aromatic rings. The van der Waals surface area contributed by atoms with Crippen molar-refractivity contribution in [1.29, 1.82) is 0 Å². The molecule has 0 aliphatic carbocycles. The first-order valence-electron chi connectivity index (χ1n) is 0. The Morgan fingerprint density at radius 2 is 0.500 bits per heavy atom. The molecule has 6 heavy (non-hydrogen) atoms. The van der Waals surface area contributed by atoms with Gasteiger partial charge >= 0.3 is 34.1 Å². The zero-order valence-corrected chi connectivity index (χ0v) is 5.59. The molecule has 0 aromatic heterocycles. The van der Waals surface area contributed by atoms with Crippen LogP contribution in [0.15, 0.2) is 0 Å². The third-order valence-corrected chi connectivity index (χ3v) is 0. The van der Waals surface area contributed by atoms with Crippen molar-refractivity contribution in [2.75, 3.05) is 0 Å². The Kier molecular flexibility index (Phi) is 3650. The summed E-state index contributed by atoms with van der Waals surface area (Å²) in [5.74, 6) is 0. The normalized spacial score (nSPS) is 0. The van der Waals surface area contributed by atoms with E-state index in [0.717, 1.165) is 0 Å². The van der Waals surface area contributed by atoms with Crippen molar-refractivity contribution >= 4 is 0 Å². The molecule has 0 aliphatic heterocycles. The maximum atomic E-state index is 0. The summed E-state index contributed by atoms with van der Waals surface area (Å²) >= 11 is 0. The summed E-state index contributed by atoms with van der Waals surface area (Å²) < 4.78 is 0. The minimum atomic E-state index is 0. The predicted octanol–water partition coefficient (Wildman–Crippen LogP) is -3.53. The molecule has 0 atom stereocenters. The molecular weight excluding hydrogens is 193 g/mol. The largest absolute Gasteiger partial charge is 2.00 e. The minimum absolute atomic E-state index is 0. The Labute approximate surface area is 63.2 Å². The van der Waals surface area contributed by atoms with Gasteiger partial charge in [0.15, 0.2) is 0 Å². The molecule has 0 unspecified atom stereocenters. The number of rotatable bonds is 0. The quantitative estimate of drug-likeness (QED) is 0.376. The van der Waals surface area contributed by atoms with E-state index in [2.05, 4.69) is 0 Å². The van der Waals surface area contributed by atoms with Gasteiger partial charge in [-0.1, -0.05) is 0 Å². The van der Waals surface area contributed by atoms with Gasteiger partial charge in [-0.2, -0.15) is 0 Å². The van der Waals surface area contributed by atoms with Crippen LogP contribution in [0.1, 0.15) is 0 Å². The zero-order valence-electron chi connectivity index (χ0n) is 2.48. The molecule has 3 N–H and O–H groups in total. The average Bonchev–Trinajstić information content (AvgIpc) is 0. The van der Waals surface area contributed by atoms with Gasteiger partial charge in [-0.25, -0.2) is 0 Å². The summed E-state index contributed by atoms with van der Waals surface area (Å²) in [5, 5.41) is 0. The third kappa shape index (κ3) is 63.1. The smallest absolute Gasteiger partial charge is 1.00 e. The first-order chi connectivity index (χ1) is 0. The molecule has 6 heteroatoms. The van der Waals surface area contributed by atoms with Gasteiger partial charge in [0.05, 0.1) is 0 Å². The maximum absolute atomic E-state index is 0. The van der Waals surface area contributed by atoms with Crippen LogP contribution in [0.2, 0.25) is 0 Å². The Morgan fingerprint density at radius 3 is 0.500 bits per heavy atom. The second-order valence-electron chi connectivity index (χ2n) is 0. The molecular formula is H3ClMn2O3. The van der Waals surface area contributed by atoms with Crippen LogP contribution in [0.25, 0.3) is 0 Å². The van der Waals surface area contributed by atoms with Crippen molar-refractivity contribution in [2.45, 2.75) is 0 Å². The van der Waals surface area contributed by atoms with Crippen LogP contribution in [0.5, 0.6) is 0 Å². The second-order valence-corrected chi connectivity index (χ2v) is 0. The molecule has 0 aliphatic rings. The van der Waals surface area contributed by atoms with E-state index in [0.29, 0.717) is 0 Å². The Morgan fingerprint density at radius 1 is 0.500 bits per heavy atom. The standard InChI is InChI=1S/ClH.2Mn.3H2O/h1H;;;3*1H2/q;2*+2;;;/p-4. The van der Waals surface area contributed by atoms with Gasteiger partial charge in [0.2, 0.25) is 0 Å². The Bertz CT molecular complexity index is 8.75. The van der Waals surface area contributed by atoms with Crippen LogP contribution in [0.3, 0.4) is 0 Å². The van der Waals surface area contributed by atoms with E-state index in [1.165, 1.54) is 0 Å². The van der Waals surface area contributed by atoms with Gasteiger partial charge in [-0.3, -0.25) is 0 Å². The van der Waals surface area contributed by atoms with Crippen molar-refractivity contribution < 1.29 is 63.0 Å². The van der Waals surface area contributed by atoms with E-state index in [4.69, 9.17) is 0 Å². The van der Waals surface area contributed by atoms with Crippen LogP contribution in [-0.2, 0) is 34.1 Å². The van der Waals surface area contributed by atoms with Gasteiger partial charge in [-0.15, -0.1) is 0 Å². The molecule has 2 radical (unpaired) electrons. The second kappa shape index (κ2) is 115. The fourth-order valence-corrected chi connectivity index (χ4v) is 0. The van der Waals surface area contributed by atoms with Crippen LogP contribution in [0.4, 0.5) is 0 Å². The van der Waals surface area contributed by atoms with E-state index in [9.17, 15) is 0 Å². The van der Waals surface area contributed by atoms with Gasteiger partial charge in [0.1, 0.15) is 0 Å². The van der Waals surface area contributed by atoms with Crippen LogP contribution >= 0.6 is 0 Å². The molecule has 0 saturated heterocycles. The van der Waals surface area contributed by atoms with Crippen molar-refractivity contribution in [3.05, 3.63) is 0 Å². The SMILES string of the molecule is [Cl-].[Mn+2].[Mn+2].[OH-].[OH-].[OH-]. The van der Waals surface area contributed by atoms with E-state index < -0.39 is 0 Å². The zero-order chi connectivity index (χ0) is 0. The monoisotopic (exact) mass is 196 g/mol. The van der Waals surface area contributed by atoms with E-state index in [1.54, 1.807) is 0 Å². The molecule has 0 amide bonds. The third-order valence-electron chi connectivity index (χ3n) is 0. The molecule has 42 valence electrons. The van der Waals surface area contributed by atoms with Gasteiger partial charge < -0.3 is 28.8 Å². The summed E-state index contributed by atoms with van der Waals surface area (Å²) in [4.78, 5) is 0. The summed E-state index contributed by atoms with van der Waals surface area (Å²) in [6.07, 6.45) is 0. The van der Waals surface area contributed by atoms with Crippen molar-refractivity contribution in [3.63, 3.8) is 0 Å². The van der Waals surface area contributed by atoms with Crippen LogP contribution < -0.4 is 12.4 Å². The summed E-state index contributed by atoms with van der Waals surface area (Å²) in [6, 6.07) is 0. The molecule has 0 fully saturated rings. The molecule has 0 aromatic carbocycles. The van der Waals surface area contributed by atoms with Crippen molar-refractivity contribution in [1.82, 2.24) is 0 Å². The summed E-state index contributed by atoms with van der Waals surface area (Å²) in [5.41, 5.74) is 0. The molecule has 0 rings (SSSR count). The molecule has 0 bridgehead atoms. The average molecular weight is 196 g/mol. The fraction of sp³-hybridized carbons (Fsp3) is 0. The molecule has 0 heterocycles. The summed E-state index contributed by atoms with van der Waals surface area (Å²) in [6.45, 7) is 0. The molecule has 0 saturated carbocycles. The molecule has 0 spiro atoms. The van der Waals surface area contributed by atoms with Crippen LogP contribution in [0, 0.1) is 0 Å². The first-order valence-corrected chi connectivity index (χ1v) is 0. The first kappa shape index (κ1) is 190. The van der Waals surface area contributed by atoms with Crippen molar-refractivity contribution in [2.24, 2.45) is 0 Å². The number of hydrogen-bond acceptors (Lipinski definition) is 3. The van der Waals surface area contributed by atoms with Gasteiger partial charge in [0.25, 0.3) is 0 Å². The van der Waals surface area contributed by atoms with E-state index in [1.807, 2.05) is 0 Å². The van der Waals surface area contributed by atoms with E-state index >= 15 is 0 Å². The van der Waals surface area contributed by atoms with Crippen LogP contribution in [-0.4, -0.2) is 16.4 Å². The topological polar surface area (TPSA) is 90.0 Å². The number of halogens is 1. The van der Waals surface area contributed by atoms with Gasteiger partial charge in [-0.05, 0) is 0 Å². The fourth-order valence-electron chi connectivity index (χ4n) is 0. The Hall–Kier alpha value is 1.21.